The average Bonchev–Trinajstić information content (AvgIpc) is 3.22. The summed E-state index contributed by atoms with van der Waals surface area (Å²) in [6.45, 7) is 4.54. The fraction of sp³-hybridized carbons (Fsp3) is 0.706. The van der Waals surface area contributed by atoms with E-state index < -0.39 is 6.10 Å². The number of carbonyl (C=O) groups excluding carboxylic acids is 1. The van der Waals surface area contributed by atoms with Gasteiger partial charge in [-0.2, -0.15) is 0 Å². The number of hydrogen-bond acceptors (Lipinski definition) is 5. The predicted molar refractivity (Wildman–Crippen MR) is 86.9 cm³/mol. The Morgan fingerprint density at radius 2 is 1.96 bits per heavy atom. The maximum Gasteiger partial charge on any atom is 0.234 e. The number of amides is 1. The first-order valence-corrected chi connectivity index (χ1v) is 8.66. The van der Waals surface area contributed by atoms with Gasteiger partial charge in [0.05, 0.1) is 12.8 Å². The smallest absolute Gasteiger partial charge is 0.234 e. The lowest BCUT2D eigenvalue weighted by molar-refractivity contribution is -0.123. The van der Waals surface area contributed by atoms with Gasteiger partial charge in [0, 0.05) is 38.8 Å². The minimum atomic E-state index is -0.581. The Bertz CT molecular complexity index is 477. The van der Waals surface area contributed by atoms with Crippen LogP contribution in [0.5, 0.6) is 0 Å². The van der Waals surface area contributed by atoms with E-state index in [1.54, 1.807) is 18.4 Å². The first kappa shape index (κ1) is 16.5. The summed E-state index contributed by atoms with van der Waals surface area (Å²) in [5, 5.41) is 13.3. The van der Waals surface area contributed by atoms with Crippen molar-refractivity contribution >= 4 is 5.91 Å². The highest BCUT2D eigenvalue weighted by atomic mass is 16.4. The molecule has 3 rings (SSSR count). The van der Waals surface area contributed by atoms with E-state index in [0.717, 1.165) is 39.0 Å². The SMILES string of the molecule is O=C(CN1CCN(C[C@H](O)c2ccco2)CC1)NC1CCCC1. The molecule has 0 bridgehead atoms. The summed E-state index contributed by atoms with van der Waals surface area (Å²) >= 11 is 0. The number of carbonyl (C=O) groups is 1. The maximum atomic E-state index is 12.1. The first-order chi connectivity index (χ1) is 11.2. The van der Waals surface area contributed by atoms with Gasteiger partial charge < -0.3 is 14.8 Å². The van der Waals surface area contributed by atoms with Crippen molar-refractivity contribution in [1.82, 2.24) is 15.1 Å². The van der Waals surface area contributed by atoms with E-state index in [9.17, 15) is 9.90 Å². The third-order valence-electron chi connectivity index (χ3n) is 4.86. The average molecular weight is 321 g/mol. The lowest BCUT2D eigenvalue weighted by atomic mass is 10.2. The summed E-state index contributed by atoms with van der Waals surface area (Å²) < 4.78 is 5.23. The van der Waals surface area contributed by atoms with E-state index in [2.05, 4.69) is 15.1 Å². The molecule has 1 atom stereocenters. The highest BCUT2D eigenvalue weighted by Crippen LogP contribution is 2.18. The zero-order chi connectivity index (χ0) is 16.1. The Morgan fingerprint density at radius 3 is 2.61 bits per heavy atom. The van der Waals surface area contributed by atoms with Crippen molar-refractivity contribution in [2.45, 2.75) is 37.8 Å². The van der Waals surface area contributed by atoms with E-state index in [1.807, 2.05) is 0 Å². The number of rotatable bonds is 6. The third-order valence-corrected chi connectivity index (χ3v) is 4.86. The molecule has 1 saturated carbocycles. The molecule has 1 aliphatic carbocycles. The molecule has 2 aliphatic rings. The first-order valence-electron chi connectivity index (χ1n) is 8.66. The number of aliphatic hydroxyl groups is 1. The Labute approximate surface area is 137 Å². The zero-order valence-electron chi connectivity index (χ0n) is 13.6. The summed E-state index contributed by atoms with van der Waals surface area (Å²) in [5.74, 6) is 0.768. The molecule has 0 radical (unpaired) electrons. The highest BCUT2D eigenvalue weighted by molar-refractivity contribution is 5.78. The molecule has 0 spiro atoms. The van der Waals surface area contributed by atoms with Gasteiger partial charge in [-0.25, -0.2) is 0 Å². The molecule has 23 heavy (non-hydrogen) atoms. The zero-order valence-corrected chi connectivity index (χ0v) is 13.6. The fourth-order valence-electron chi connectivity index (χ4n) is 3.49. The van der Waals surface area contributed by atoms with Crippen molar-refractivity contribution in [3.63, 3.8) is 0 Å². The van der Waals surface area contributed by atoms with Gasteiger partial charge in [-0.3, -0.25) is 14.6 Å². The Hall–Kier alpha value is -1.37. The summed E-state index contributed by atoms with van der Waals surface area (Å²) in [5.41, 5.74) is 0. The number of nitrogens with one attached hydrogen (secondary N) is 1. The monoisotopic (exact) mass is 321 g/mol. The quantitative estimate of drug-likeness (QED) is 0.818. The summed E-state index contributed by atoms with van der Waals surface area (Å²) in [4.78, 5) is 16.5. The molecule has 0 unspecified atom stereocenters. The van der Waals surface area contributed by atoms with Gasteiger partial charge in [-0.05, 0) is 25.0 Å². The Kier molecular flexibility index (Phi) is 5.70. The van der Waals surface area contributed by atoms with Crippen LogP contribution in [0.25, 0.3) is 0 Å². The summed E-state index contributed by atoms with van der Waals surface area (Å²) in [6.07, 6.45) is 5.74. The van der Waals surface area contributed by atoms with Crippen molar-refractivity contribution in [2.24, 2.45) is 0 Å². The third kappa shape index (κ3) is 4.80. The summed E-state index contributed by atoms with van der Waals surface area (Å²) in [6, 6.07) is 3.99. The number of furan rings is 1. The number of hydrogen-bond donors (Lipinski definition) is 2. The number of β-amino-alcohol motifs (C(OH)–C–C–N with tert-alkyl or cyclic N) is 1. The molecule has 1 aliphatic heterocycles. The minimum Gasteiger partial charge on any atom is -0.467 e. The van der Waals surface area contributed by atoms with E-state index >= 15 is 0 Å². The van der Waals surface area contributed by atoms with Crippen molar-refractivity contribution in [3.8, 4) is 0 Å². The lowest BCUT2D eigenvalue weighted by Crippen LogP contribution is -2.50. The molecule has 2 fully saturated rings. The molecule has 128 valence electrons. The van der Waals surface area contributed by atoms with Crippen molar-refractivity contribution in [1.29, 1.82) is 0 Å². The van der Waals surface area contributed by atoms with E-state index in [-0.39, 0.29) is 5.91 Å². The lowest BCUT2D eigenvalue weighted by Gasteiger charge is -2.35. The van der Waals surface area contributed by atoms with Crippen LogP contribution in [-0.2, 0) is 4.79 Å². The van der Waals surface area contributed by atoms with E-state index in [4.69, 9.17) is 4.42 Å². The molecule has 1 aromatic rings. The second-order valence-electron chi connectivity index (χ2n) is 6.66. The van der Waals surface area contributed by atoms with Crippen LogP contribution in [0.3, 0.4) is 0 Å². The van der Waals surface area contributed by atoms with Crippen LogP contribution in [0.1, 0.15) is 37.5 Å². The molecule has 0 aromatic carbocycles. The molecular weight excluding hydrogens is 294 g/mol. The normalized spacial score (nSPS) is 22.3. The van der Waals surface area contributed by atoms with Crippen LogP contribution in [0.4, 0.5) is 0 Å². The van der Waals surface area contributed by atoms with E-state index in [1.165, 1.54) is 12.8 Å². The van der Waals surface area contributed by atoms with Crippen LogP contribution >= 0.6 is 0 Å². The standard InChI is InChI=1S/C17H27N3O3/c21-15(16-6-3-11-23-16)12-19-7-9-20(10-8-19)13-17(22)18-14-4-1-2-5-14/h3,6,11,14-15,21H,1-2,4-5,7-10,12-13H2,(H,18,22)/t15-/m0/s1. The van der Waals surface area contributed by atoms with Crippen LogP contribution in [0.15, 0.2) is 22.8 Å². The minimum absolute atomic E-state index is 0.154. The van der Waals surface area contributed by atoms with Crippen molar-refractivity contribution in [3.05, 3.63) is 24.2 Å². The van der Waals surface area contributed by atoms with Gasteiger partial charge in [0.1, 0.15) is 11.9 Å². The molecule has 2 N–H and O–H groups in total. The topological polar surface area (TPSA) is 69.0 Å². The van der Waals surface area contributed by atoms with Crippen molar-refractivity contribution in [2.75, 3.05) is 39.3 Å². The largest absolute Gasteiger partial charge is 0.467 e. The van der Waals surface area contributed by atoms with Crippen molar-refractivity contribution < 1.29 is 14.3 Å². The molecule has 1 amide bonds. The van der Waals surface area contributed by atoms with Gasteiger partial charge in [0.15, 0.2) is 0 Å². The van der Waals surface area contributed by atoms with E-state index in [0.29, 0.717) is 24.9 Å². The number of nitrogens with zero attached hydrogens (tertiary/aromatic N) is 2. The highest BCUT2D eigenvalue weighted by Gasteiger charge is 2.23. The second kappa shape index (κ2) is 7.95. The van der Waals surface area contributed by atoms with Crippen LogP contribution < -0.4 is 5.32 Å². The Morgan fingerprint density at radius 1 is 1.26 bits per heavy atom. The van der Waals surface area contributed by atoms with Gasteiger partial charge in [-0.15, -0.1) is 0 Å². The van der Waals surface area contributed by atoms with Crippen LogP contribution in [-0.4, -0.2) is 66.1 Å². The molecule has 1 saturated heterocycles. The maximum absolute atomic E-state index is 12.1. The fourth-order valence-corrected chi connectivity index (χ4v) is 3.49. The predicted octanol–water partition coefficient (Wildman–Crippen LogP) is 0.989. The van der Waals surface area contributed by atoms with Crippen LogP contribution in [0.2, 0.25) is 0 Å². The summed E-state index contributed by atoms with van der Waals surface area (Å²) in [7, 11) is 0. The van der Waals surface area contributed by atoms with Crippen LogP contribution in [0, 0.1) is 0 Å². The molecular formula is C17H27N3O3. The van der Waals surface area contributed by atoms with Gasteiger partial charge in [0.2, 0.25) is 5.91 Å². The number of aliphatic hydroxyl groups excluding tert-OH is 1. The molecule has 6 nitrogen and oxygen atoms in total. The molecule has 1 aromatic heterocycles. The Balaban J connectivity index is 1.35. The molecule has 6 heteroatoms. The van der Waals surface area contributed by atoms with Gasteiger partial charge >= 0.3 is 0 Å². The number of piperazine rings is 1. The van der Waals surface area contributed by atoms with Gasteiger partial charge in [-0.1, -0.05) is 12.8 Å². The molecule has 2 heterocycles. The van der Waals surface area contributed by atoms with Gasteiger partial charge in [0.25, 0.3) is 0 Å². The second-order valence-corrected chi connectivity index (χ2v) is 6.66.